The van der Waals surface area contributed by atoms with E-state index >= 15 is 0 Å². The summed E-state index contributed by atoms with van der Waals surface area (Å²) in [6.07, 6.45) is -1.02. The molecule has 0 saturated heterocycles. The first-order valence-corrected chi connectivity index (χ1v) is 20.6. The molecule has 2 aromatic carbocycles. The molecular formula is C45H68O15. The standard InChI is InChI=1S/C45H68O15/c1-15-48-39(58-40(46)32(9)10)30-49-36-27-28-37(38(29-36)59-45(56-21-7,57-22-8)44(53-18-4,54-19-5)55-20-6)42(13,14)34-23-25-35(26-24-34)50-31-43(51-16-2,52-17-3)60-41(47)33(11)12/h23-29,39H,9,11,15-22,30-31H2,1-8,10,12-14H3. The van der Waals surface area contributed by atoms with Crippen LogP contribution in [0.15, 0.2) is 66.8 Å². The molecule has 1 atom stereocenters. The lowest BCUT2D eigenvalue weighted by Gasteiger charge is -2.45. The van der Waals surface area contributed by atoms with Crippen LogP contribution in [0.1, 0.15) is 94.2 Å². The Labute approximate surface area is 356 Å². The fourth-order valence-electron chi connectivity index (χ4n) is 5.88. The van der Waals surface area contributed by atoms with Crippen molar-refractivity contribution in [3.8, 4) is 17.2 Å². The fourth-order valence-corrected chi connectivity index (χ4v) is 5.88. The molecule has 0 saturated carbocycles. The van der Waals surface area contributed by atoms with E-state index in [4.69, 9.17) is 61.6 Å². The van der Waals surface area contributed by atoms with Gasteiger partial charge in [0.2, 0.25) is 6.29 Å². The molecule has 2 rings (SSSR count). The Hall–Kier alpha value is -4.06. The van der Waals surface area contributed by atoms with E-state index in [-0.39, 0.29) is 83.0 Å². The molecule has 1 unspecified atom stereocenters. The molecule has 0 spiro atoms. The van der Waals surface area contributed by atoms with Gasteiger partial charge in [-0.2, -0.15) is 0 Å². The first-order valence-electron chi connectivity index (χ1n) is 20.6. The highest BCUT2D eigenvalue weighted by Gasteiger charge is 2.62. The molecule has 0 bridgehead atoms. The van der Waals surface area contributed by atoms with Gasteiger partial charge in [-0.3, -0.25) is 0 Å². The number of benzene rings is 2. The minimum Gasteiger partial charge on any atom is -0.487 e. The first-order chi connectivity index (χ1) is 28.5. The highest BCUT2D eigenvalue weighted by atomic mass is 17.0. The predicted octanol–water partition coefficient (Wildman–Crippen LogP) is 7.97. The van der Waals surface area contributed by atoms with Crippen LogP contribution < -0.4 is 14.2 Å². The van der Waals surface area contributed by atoms with Crippen LogP contribution in [0.3, 0.4) is 0 Å². The number of esters is 2. The van der Waals surface area contributed by atoms with Gasteiger partial charge in [0, 0.05) is 54.6 Å². The largest absolute Gasteiger partial charge is 0.487 e. The summed E-state index contributed by atoms with van der Waals surface area (Å²) in [5.74, 6) is -6.05. The monoisotopic (exact) mass is 848 g/mol. The lowest BCUT2D eigenvalue weighted by atomic mass is 9.77. The van der Waals surface area contributed by atoms with Crippen LogP contribution in [-0.4, -0.2) is 102 Å². The van der Waals surface area contributed by atoms with Gasteiger partial charge in [0.1, 0.15) is 17.2 Å². The van der Waals surface area contributed by atoms with E-state index < -0.39 is 41.6 Å². The molecule has 0 amide bonds. The summed E-state index contributed by atoms with van der Waals surface area (Å²) in [4.78, 5) is 24.9. The molecule has 60 heavy (non-hydrogen) atoms. The summed E-state index contributed by atoms with van der Waals surface area (Å²) in [5.41, 5.74) is 1.17. The average molecular weight is 849 g/mol. The number of carbonyl (C=O) groups excluding carboxylic acids is 2. The Morgan fingerprint density at radius 3 is 1.55 bits per heavy atom. The van der Waals surface area contributed by atoms with Gasteiger partial charge in [-0.05, 0) is 93.0 Å². The molecule has 2 aromatic rings. The van der Waals surface area contributed by atoms with E-state index in [9.17, 15) is 9.59 Å². The van der Waals surface area contributed by atoms with E-state index in [1.54, 1.807) is 86.6 Å². The molecule has 0 aromatic heterocycles. The Balaban J connectivity index is 2.74. The fraction of sp³-hybridized carbons (Fsp3) is 0.600. The zero-order valence-corrected chi connectivity index (χ0v) is 37.7. The van der Waals surface area contributed by atoms with E-state index in [1.807, 2.05) is 32.0 Å². The van der Waals surface area contributed by atoms with Gasteiger partial charge >= 0.3 is 29.9 Å². The number of hydrogen-bond acceptors (Lipinski definition) is 15. The van der Waals surface area contributed by atoms with Crippen LogP contribution >= 0.6 is 0 Å². The van der Waals surface area contributed by atoms with E-state index in [2.05, 4.69) is 13.2 Å². The van der Waals surface area contributed by atoms with Gasteiger partial charge in [-0.1, -0.05) is 45.2 Å². The molecule has 0 aliphatic carbocycles. The van der Waals surface area contributed by atoms with Crippen LogP contribution in [0.2, 0.25) is 0 Å². The van der Waals surface area contributed by atoms with Gasteiger partial charge in [0.15, 0.2) is 13.2 Å². The molecule has 0 heterocycles. The second-order valence-electron chi connectivity index (χ2n) is 13.6. The Bertz CT molecular complexity index is 1610. The molecule has 0 N–H and O–H groups in total. The maximum Gasteiger partial charge on any atom is 0.414 e. The highest BCUT2D eigenvalue weighted by molar-refractivity contribution is 5.87. The van der Waals surface area contributed by atoms with E-state index in [0.717, 1.165) is 5.56 Å². The van der Waals surface area contributed by atoms with Gasteiger partial charge in [-0.25, -0.2) is 9.59 Å². The van der Waals surface area contributed by atoms with Crippen LogP contribution in [0.5, 0.6) is 17.2 Å². The van der Waals surface area contributed by atoms with Gasteiger partial charge in [-0.15, -0.1) is 0 Å². The molecular weight excluding hydrogens is 780 g/mol. The molecule has 0 aliphatic heterocycles. The van der Waals surface area contributed by atoms with Gasteiger partial charge in [0.05, 0.1) is 26.4 Å². The van der Waals surface area contributed by atoms with Crippen molar-refractivity contribution in [1.29, 1.82) is 0 Å². The number of carbonyl (C=O) groups is 2. The van der Waals surface area contributed by atoms with Crippen molar-refractivity contribution in [3.05, 3.63) is 77.9 Å². The quantitative estimate of drug-likeness (QED) is 0.0409. The number of rotatable bonds is 31. The molecule has 0 fully saturated rings. The van der Waals surface area contributed by atoms with Crippen molar-refractivity contribution >= 4 is 11.9 Å². The van der Waals surface area contributed by atoms with Gasteiger partial charge < -0.3 is 61.6 Å². The van der Waals surface area contributed by atoms with Crippen molar-refractivity contribution in [2.45, 2.75) is 113 Å². The molecule has 15 nitrogen and oxygen atoms in total. The second-order valence-corrected chi connectivity index (χ2v) is 13.6. The zero-order chi connectivity index (χ0) is 45.0. The summed E-state index contributed by atoms with van der Waals surface area (Å²) >= 11 is 0. The Morgan fingerprint density at radius 2 is 1.08 bits per heavy atom. The third-order valence-corrected chi connectivity index (χ3v) is 8.56. The third kappa shape index (κ3) is 14.0. The SMILES string of the molecule is C=C(C)C(=O)OC(COc1ccc(C(C)(C)c2ccc(OCC(OCC)(OCC)OC(=O)C(=C)C)cc2)c(OC(OCC)(OCC)C(OCC)(OCC)OCC)c1)OCC. The van der Waals surface area contributed by atoms with Crippen molar-refractivity contribution in [1.82, 2.24) is 0 Å². The lowest BCUT2D eigenvalue weighted by Crippen LogP contribution is -2.66. The lowest BCUT2D eigenvalue weighted by molar-refractivity contribution is -0.542. The maximum absolute atomic E-state index is 12.5. The summed E-state index contributed by atoms with van der Waals surface area (Å²) in [6, 6.07) is 12.7. The topological polar surface area (TPSA) is 154 Å². The number of ether oxygens (including phenoxy) is 13. The van der Waals surface area contributed by atoms with E-state index in [1.165, 1.54) is 6.92 Å². The summed E-state index contributed by atoms with van der Waals surface area (Å²) in [6.45, 7) is 29.7. The maximum atomic E-state index is 12.5. The van der Waals surface area contributed by atoms with E-state index in [0.29, 0.717) is 17.1 Å². The first kappa shape index (κ1) is 52.1. The van der Waals surface area contributed by atoms with Gasteiger partial charge in [0.25, 0.3) is 0 Å². The predicted molar refractivity (Wildman–Crippen MR) is 223 cm³/mol. The Kier molecular flexibility index (Phi) is 21.7. The molecule has 338 valence electrons. The highest BCUT2D eigenvalue weighted by Crippen LogP contribution is 2.44. The molecule has 15 heteroatoms. The van der Waals surface area contributed by atoms with Crippen molar-refractivity contribution in [3.63, 3.8) is 0 Å². The normalized spacial score (nSPS) is 12.7. The number of hydrogen-bond donors (Lipinski definition) is 0. The van der Waals surface area contributed by atoms with Crippen LogP contribution in [0, 0.1) is 0 Å². The zero-order valence-electron chi connectivity index (χ0n) is 37.7. The van der Waals surface area contributed by atoms with Crippen LogP contribution in [-0.2, 0) is 62.4 Å². The summed E-state index contributed by atoms with van der Waals surface area (Å²) < 4.78 is 78.5. The summed E-state index contributed by atoms with van der Waals surface area (Å²) in [5, 5.41) is 0. The van der Waals surface area contributed by atoms with Crippen molar-refractivity contribution in [2.75, 3.05) is 66.1 Å². The molecule has 0 aliphatic rings. The van der Waals surface area contributed by atoms with Crippen molar-refractivity contribution in [2.24, 2.45) is 0 Å². The third-order valence-electron chi connectivity index (χ3n) is 8.56. The van der Waals surface area contributed by atoms with Crippen LogP contribution in [0.25, 0.3) is 0 Å². The minimum absolute atomic E-state index is 0.121. The van der Waals surface area contributed by atoms with Crippen LogP contribution in [0.4, 0.5) is 0 Å². The minimum atomic E-state index is -2.09. The van der Waals surface area contributed by atoms with Crippen molar-refractivity contribution < 1.29 is 71.2 Å². The molecule has 0 radical (unpaired) electrons. The Morgan fingerprint density at radius 1 is 0.600 bits per heavy atom. The average Bonchev–Trinajstić information content (AvgIpc) is 3.20. The smallest absolute Gasteiger partial charge is 0.414 e. The summed E-state index contributed by atoms with van der Waals surface area (Å²) in [7, 11) is 0. The second kappa shape index (κ2) is 25.0.